The van der Waals surface area contributed by atoms with Crippen LogP contribution in [0.1, 0.15) is 10.4 Å². The van der Waals surface area contributed by atoms with Crippen LogP contribution in [0.4, 0.5) is 13.9 Å². The van der Waals surface area contributed by atoms with Crippen molar-refractivity contribution >= 4 is 16.5 Å². The molecular weight excluding hydrogens is 244 g/mol. The standard InChI is InChI=1S/C11H11F2N3S/c12-9-2-1-7(3-10(9)13)5-15-11-16-6-8(4-14)17-11/h1-3,6H,4-5,14H2,(H,15,16). The van der Waals surface area contributed by atoms with Gasteiger partial charge in [0.2, 0.25) is 0 Å². The first kappa shape index (κ1) is 11.9. The van der Waals surface area contributed by atoms with Crippen LogP contribution in [-0.4, -0.2) is 4.98 Å². The second-order valence-corrected chi connectivity index (χ2v) is 4.55. The fraction of sp³-hybridized carbons (Fsp3) is 0.182. The number of benzene rings is 1. The molecule has 1 aromatic heterocycles. The molecule has 2 aromatic rings. The van der Waals surface area contributed by atoms with E-state index in [0.29, 0.717) is 18.7 Å². The number of anilines is 1. The van der Waals surface area contributed by atoms with Gasteiger partial charge in [-0.15, -0.1) is 11.3 Å². The van der Waals surface area contributed by atoms with Crippen LogP contribution in [0.25, 0.3) is 0 Å². The summed E-state index contributed by atoms with van der Waals surface area (Å²) in [7, 11) is 0. The Morgan fingerprint density at radius 2 is 2.12 bits per heavy atom. The Labute approximate surface area is 101 Å². The zero-order chi connectivity index (χ0) is 12.3. The smallest absolute Gasteiger partial charge is 0.183 e. The van der Waals surface area contributed by atoms with Gasteiger partial charge in [0.15, 0.2) is 16.8 Å². The molecule has 1 aromatic carbocycles. The Kier molecular flexibility index (Phi) is 3.65. The third-order valence-electron chi connectivity index (χ3n) is 2.18. The summed E-state index contributed by atoms with van der Waals surface area (Å²) >= 11 is 1.44. The summed E-state index contributed by atoms with van der Waals surface area (Å²) in [4.78, 5) is 5.07. The SMILES string of the molecule is NCc1cnc(NCc2ccc(F)c(F)c2)s1. The van der Waals surface area contributed by atoms with Crippen LogP contribution in [0, 0.1) is 11.6 Å². The highest BCUT2D eigenvalue weighted by molar-refractivity contribution is 7.15. The van der Waals surface area contributed by atoms with Gasteiger partial charge in [-0.3, -0.25) is 0 Å². The Hall–Kier alpha value is -1.53. The molecule has 3 nitrogen and oxygen atoms in total. The normalized spacial score (nSPS) is 10.5. The number of hydrogen-bond acceptors (Lipinski definition) is 4. The molecule has 0 unspecified atom stereocenters. The Morgan fingerprint density at radius 3 is 2.76 bits per heavy atom. The molecule has 0 aliphatic carbocycles. The zero-order valence-corrected chi connectivity index (χ0v) is 9.73. The second-order valence-electron chi connectivity index (χ2n) is 3.44. The molecule has 1 heterocycles. The first-order chi connectivity index (χ1) is 8.19. The van der Waals surface area contributed by atoms with Crippen LogP contribution in [0.2, 0.25) is 0 Å². The van der Waals surface area contributed by atoms with Crippen molar-refractivity contribution in [2.24, 2.45) is 5.73 Å². The van der Waals surface area contributed by atoms with Gasteiger partial charge in [0.1, 0.15) is 0 Å². The topological polar surface area (TPSA) is 50.9 Å². The molecule has 3 N–H and O–H groups in total. The highest BCUT2D eigenvalue weighted by Crippen LogP contribution is 2.18. The van der Waals surface area contributed by atoms with Gasteiger partial charge in [0.25, 0.3) is 0 Å². The van der Waals surface area contributed by atoms with Gasteiger partial charge in [0.05, 0.1) is 0 Å². The molecule has 0 saturated heterocycles. The van der Waals surface area contributed by atoms with Crippen LogP contribution < -0.4 is 11.1 Å². The van der Waals surface area contributed by atoms with Gasteiger partial charge in [-0.2, -0.15) is 0 Å². The van der Waals surface area contributed by atoms with Crippen LogP contribution in [0.15, 0.2) is 24.4 Å². The molecule has 0 saturated carbocycles. The summed E-state index contributed by atoms with van der Waals surface area (Å²) in [6.07, 6.45) is 1.69. The summed E-state index contributed by atoms with van der Waals surface area (Å²) in [5.74, 6) is -1.68. The third-order valence-corrected chi connectivity index (χ3v) is 3.16. The molecule has 17 heavy (non-hydrogen) atoms. The minimum Gasteiger partial charge on any atom is -0.357 e. The van der Waals surface area contributed by atoms with E-state index in [9.17, 15) is 8.78 Å². The van der Waals surface area contributed by atoms with Gasteiger partial charge in [0, 0.05) is 24.2 Å². The van der Waals surface area contributed by atoms with Gasteiger partial charge in [-0.25, -0.2) is 13.8 Å². The number of aromatic nitrogens is 1. The molecule has 0 atom stereocenters. The zero-order valence-electron chi connectivity index (χ0n) is 8.91. The van der Waals surface area contributed by atoms with Crippen LogP contribution in [0.5, 0.6) is 0 Å². The highest BCUT2D eigenvalue weighted by atomic mass is 32.1. The van der Waals surface area contributed by atoms with Crippen LogP contribution in [0.3, 0.4) is 0 Å². The van der Waals surface area contributed by atoms with Crippen molar-refractivity contribution in [2.75, 3.05) is 5.32 Å². The van der Waals surface area contributed by atoms with E-state index in [1.807, 2.05) is 0 Å². The van der Waals surface area contributed by atoms with Crippen molar-refractivity contribution in [2.45, 2.75) is 13.1 Å². The number of nitrogens with one attached hydrogen (secondary N) is 1. The van der Waals surface area contributed by atoms with E-state index in [1.54, 1.807) is 6.20 Å². The molecule has 0 radical (unpaired) electrons. The Balaban J connectivity index is 1.99. The van der Waals surface area contributed by atoms with Crippen molar-refractivity contribution in [1.82, 2.24) is 4.98 Å². The van der Waals surface area contributed by atoms with E-state index >= 15 is 0 Å². The summed E-state index contributed by atoms with van der Waals surface area (Å²) in [5, 5.41) is 3.74. The maximum absolute atomic E-state index is 12.9. The van der Waals surface area contributed by atoms with Gasteiger partial charge in [-0.05, 0) is 17.7 Å². The number of nitrogens with zero attached hydrogens (tertiary/aromatic N) is 1. The molecule has 0 spiro atoms. The lowest BCUT2D eigenvalue weighted by molar-refractivity contribution is 0.507. The predicted molar refractivity (Wildman–Crippen MR) is 63.7 cm³/mol. The molecule has 2 rings (SSSR count). The lowest BCUT2D eigenvalue weighted by Gasteiger charge is -2.03. The quantitative estimate of drug-likeness (QED) is 0.882. The molecule has 6 heteroatoms. The average Bonchev–Trinajstić information content (AvgIpc) is 2.79. The molecule has 0 aliphatic heterocycles. The van der Waals surface area contributed by atoms with E-state index in [2.05, 4.69) is 10.3 Å². The maximum atomic E-state index is 12.9. The maximum Gasteiger partial charge on any atom is 0.183 e. The van der Waals surface area contributed by atoms with E-state index in [1.165, 1.54) is 23.5 Å². The predicted octanol–water partition coefficient (Wildman–Crippen LogP) is 2.49. The average molecular weight is 255 g/mol. The first-order valence-electron chi connectivity index (χ1n) is 5.01. The number of halogens is 2. The Morgan fingerprint density at radius 1 is 1.29 bits per heavy atom. The third kappa shape index (κ3) is 2.98. The number of rotatable bonds is 4. The monoisotopic (exact) mass is 255 g/mol. The molecule has 0 bridgehead atoms. The number of thiazole rings is 1. The van der Waals surface area contributed by atoms with Gasteiger partial charge in [-0.1, -0.05) is 6.07 Å². The summed E-state index contributed by atoms with van der Waals surface area (Å²) in [6, 6.07) is 3.81. The second kappa shape index (κ2) is 5.20. The molecule has 90 valence electrons. The Bertz CT molecular complexity index is 513. The highest BCUT2D eigenvalue weighted by Gasteiger charge is 2.04. The minimum atomic E-state index is -0.842. The number of nitrogens with two attached hydrogens (primary N) is 1. The number of hydrogen-bond donors (Lipinski definition) is 2. The summed E-state index contributed by atoms with van der Waals surface area (Å²) in [5.41, 5.74) is 6.12. The van der Waals surface area contributed by atoms with Crippen LogP contribution in [-0.2, 0) is 13.1 Å². The van der Waals surface area contributed by atoms with Crippen molar-refractivity contribution in [3.05, 3.63) is 46.5 Å². The van der Waals surface area contributed by atoms with Crippen molar-refractivity contribution in [3.63, 3.8) is 0 Å². The molecular formula is C11H11F2N3S. The van der Waals surface area contributed by atoms with Crippen molar-refractivity contribution in [1.29, 1.82) is 0 Å². The van der Waals surface area contributed by atoms with E-state index in [0.717, 1.165) is 16.1 Å². The van der Waals surface area contributed by atoms with Crippen molar-refractivity contribution in [3.8, 4) is 0 Å². The van der Waals surface area contributed by atoms with Crippen molar-refractivity contribution < 1.29 is 8.78 Å². The fourth-order valence-electron chi connectivity index (χ4n) is 1.31. The molecule has 0 fully saturated rings. The summed E-state index contributed by atoms with van der Waals surface area (Å²) in [6.45, 7) is 0.846. The van der Waals surface area contributed by atoms with Gasteiger partial charge < -0.3 is 11.1 Å². The summed E-state index contributed by atoms with van der Waals surface area (Å²) < 4.78 is 25.6. The van der Waals surface area contributed by atoms with E-state index < -0.39 is 11.6 Å². The first-order valence-corrected chi connectivity index (χ1v) is 5.83. The van der Waals surface area contributed by atoms with Gasteiger partial charge >= 0.3 is 0 Å². The lowest BCUT2D eigenvalue weighted by atomic mass is 10.2. The molecule has 0 amide bonds. The van der Waals surface area contributed by atoms with E-state index in [-0.39, 0.29) is 0 Å². The largest absolute Gasteiger partial charge is 0.357 e. The van der Waals surface area contributed by atoms with E-state index in [4.69, 9.17) is 5.73 Å². The molecule has 0 aliphatic rings. The minimum absolute atomic E-state index is 0.398. The fourth-order valence-corrected chi connectivity index (χ4v) is 2.00. The van der Waals surface area contributed by atoms with Crippen LogP contribution >= 0.6 is 11.3 Å². The lowest BCUT2D eigenvalue weighted by Crippen LogP contribution is -1.99.